The highest BCUT2D eigenvalue weighted by Gasteiger charge is 2.18. The number of anilines is 1. The van der Waals surface area contributed by atoms with Crippen LogP contribution in [0.15, 0.2) is 23.1 Å². The summed E-state index contributed by atoms with van der Waals surface area (Å²) < 4.78 is 0. The normalized spacial score (nSPS) is 22.2. The molecule has 1 aliphatic rings. The lowest BCUT2D eigenvalue weighted by Crippen LogP contribution is -2.16. The molecule has 0 saturated heterocycles. The van der Waals surface area contributed by atoms with Crippen molar-refractivity contribution in [3.8, 4) is 6.07 Å². The van der Waals surface area contributed by atoms with Crippen molar-refractivity contribution in [3.05, 3.63) is 23.8 Å². The molecule has 1 N–H and O–H groups in total. The molecule has 0 amide bonds. The highest BCUT2D eigenvalue weighted by Crippen LogP contribution is 2.31. The van der Waals surface area contributed by atoms with Crippen LogP contribution >= 0.6 is 11.8 Å². The summed E-state index contributed by atoms with van der Waals surface area (Å²) in [6.45, 7) is 3.35. The molecule has 0 aromatic heterocycles. The zero-order valence-corrected chi connectivity index (χ0v) is 13.3. The molecular weight excluding hydrogens is 264 g/mol. The lowest BCUT2D eigenvalue weighted by molar-refractivity contribution is 0.274. The van der Waals surface area contributed by atoms with Gasteiger partial charge in [0.2, 0.25) is 0 Å². The van der Waals surface area contributed by atoms with Gasteiger partial charge >= 0.3 is 0 Å². The molecule has 108 valence electrons. The number of nitriles is 1. The summed E-state index contributed by atoms with van der Waals surface area (Å²) in [6.07, 6.45) is 8.78. The van der Waals surface area contributed by atoms with E-state index in [1.165, 1.54) is 32.1 Å². The van der Waals surface area contributed by atoms with Gasteiger partial charge in [0.1, 0.15) is 6.07 Å². The lowest BCUT2D eigenvalue weighted by atomic mass is 9.81. The van der Waals surface area contributed by atoms with Crippen LogP contribution in [0.25, 0.3) is 0 Å². The summed E-state index contributed by atoms with van der Waals surface area (Å²) in [7, 11) is 0. The number of nitrogens with zero attached hydrogens (tertiary/aromatic N) is 1. The fourth-order valence-corrected chi connectivity index (χ4v) is 3.77. The number of hydrogen-bond acceptors (Lipinski definition) is 3. The molecule has 2 nitrogen and oxygen atoms in total. The summed E-state index contributed by atoms with van der Waals surface area (Å²) in [5.74, 6) is 1.75. The Hall–Kier alpha value is -1.14. The quantitative estimate of drug-likeness (QED) is 0.782. The molecule has 0 radical (unpaired) electrons. The number of thioether (sulfide) groups is 1. The van der Waals surface area contributed by atoms with Crippen LogP contribution in [-0.4, -0.2) is 12.8 Å². The summed E-state index contributed by atoms with van der Waals surface area (Å²) >= 11 is 1.63. The van der Waals surface area contributed by atoms with Crippen LogP contribution in [0.2, 0.25) is 0 Å². The van der Waals surface area contributed by atoms with E-state index in [2.05, 4.69) is 18.3 Å². The molecule has 2 rings (SSSR count). The molecule has 0 heterocycles. The van der Waals surface area contributed by atoms with Gasteiger partial charge in [-0.1, -0.05) is 32.3 Å². The van der Waals surface area contributed by atoms with Gasteiger partial charge in [0.05, 0.1) is 11.3 Å². The van der Waals surface area contributed by atoms with E-state index in [1.54, 1.807) is 11.8 Å². The van der Waals surface area contributed by atoms with Crippen molar-refractivity contribution in [1.29, 1.82) is 5.26 Å². The maximum atomic E-state index is 9.31. The Labute approximate surface area is 127 Å². The molecule has 1 aromatic carbocycles. The van der Waals surface area contributed by atoms with E-state index in [0.717, 1.165) is 34.5 Å². The Kier molecular flexibility index (Phi) is 5.79. The van der Waals surface area contributed by atoms with Gasteiger partial charge in [-0.2, -0.15) is 5.26 Å². The molecule has 20 heavy (non-hydrogen) atoms. The molecule has 2 atom stereocenters. The predicted molar refractivity (Wildman–Crippen MR) is 87.2 cm³/mol. The van der Waals surface area contributed by atoms with Gasteiger partial charge in [-0.3, -0.25) is 0 Å². The van der Waals surface area contributed by atoms with Crippen LogP contribution in [0, 0.1) is 23.2 Å². The van der Waals surface area contributed by atoms with Gasteiger partial charge in [0.15, 0.2) is 0 Å². The van der Waals surface area contributed by atoms with E-state index in [1.807, 2.05) is 24.5 Å². The smallest absolute Gasteiger partial charge is 0.102 e. The van der Waals surface area contributed by atoms with E-state index < -0.39 is 0 Å². The second-order valence-electron chi connectivity index (χ2n) is 5.85. The van der Waals surface area contributed by atoms with Crippen molar-refractivity contribution in [1.82, 2.24) is 0 Å². The predicted octanol–water partition coefficient (Wildman–Crippen LogP) is 4.91. The van der Waals surface area contributed by atoms with Gasteiger partial charge in [0, 0.05) is 11.4 Å². The Balaban J connectivity index is 1.89. The van der Waals surface area contributed by atoms with Crippen LogP contribution < -0.4 is 5.32 Å². The average molecular weight is 288 g/mol. The first-order valence-corrected chi connectivity index (χ1v) is 8.78. The Morgan fingerprint density at radius 1 is 1.40 bits per heavy atom. The van der Waals surface area contributed by atoms with Gasteiger partial charge in [-0.15, -0.1) is 11.8 Å². The molecule has 3 heteroatoms. The summed E-state index contributed by atoms with van der Waals surface area (Å²) in [5.41, 5.74) is 1.78. The maximum Gasteiger partial charge on any atom is 0.102 e. The molecule has 2 unspecified atom stereocenters. The molecule has 1 aromatic rings. The molecule has 0 aliphatic heterocycles. The summed E-state index contributed by atoms with van der Waals surface area (Å²) in [6, 6.07) is 8.38. The second-order valence-corrected chi connectivity index (χ2v) is 6.70. The summed E-state index contributed by atoms with van der Waals surface area (Å²) in [5, 5.41) is 12.8. The van der Waals surface area contributed by atoms with E-state index >= 15 is 0 Å². The van der Waals surface area contributed by atoms with Gasteiger partial charge < -0.3 is 5.32 Å². The van der Waals surface area contributed by atoms with Crippen LogP contribution in [0.4, 0.5) is 5.69 Å². The van der Waals surface area contributed by atoms with E-state index in [4.69, 9.17) is 0 Å². The number of nitrogens with one attached hydrogen (secondary N) is 1. The highest BCUT2D eigenvalue weighted by atomic mass is 32.2. The van der Waals surface area contributed by atoms with Crippen molar-refractivity contribution in [2.24, 2.45) is 11.8 Å². The van der Waals surface area contributed by atoms with Crippen LogP contribution in [0.1, 0.15) is 44.6 Å². The number of benzene rings is 1. The molecule has 0 spiro atoms. The summed E-state index contributed by atoms with van der Waals surface area (Å²) in [4.78, 5) is 1.06. The number of hydrogen-bond donors (Lipinski definition) is 1. The third-order valence-corrected chi connectivity index (χ3v) is 5.05. The zero-order valence-electron chi connectivity index (χ0n) is 12.5. The minimum atomic E-state index is 0.789. The minimum absolute atomic E-state index is 0.789. The van der Waals surface area contributed by atoms with E-state index in [0.29, 0.717) is 0 Å². The van der Waals surface area contributed by atoms with Crippen molar-refractivity contribution < 1.29 is 0 Å². The third-order valence-electron chi connectivity index (χ3n) is 4.27. The van der Waals surface area contributed by atoms with Crippen molar-refractivity contribution >= 4 is 17.4 Å². The zero-order chi connectivity index (χ0) is 14.4. The fraction of sp³-hybridized carbons (Fsp3) is 0.588. The Bertz CT molecular complexity index is 478. The standard InChI is InChI=1S/C17H24N2S/c1-13-5-3-6-14(11-13)9-10-19-16-7-4-8-17(20-2)15(16)12-18/h4,7-8,13-14,19H,3,5-6,9-11H2,1-2H3. The average Bonchev–Trinajstić information content (AvgIpc) is 2.47. The Morgan fingerprint density at radius 3 is 2.95 bits per heavy atom. The third kappa shape index (κ3) is 3.93. The molecule has 1 saturated carbocycles. The monoisotopic (exact) mass is 288 g/mol. The highest BCUT2D eigenvalue weighted by molar-refractivity contribution is 7.98. The van der Waals surface area contributed by atoms with Crippen LogP contribution in [0.3, 0.4) is 0 Å². The first-order chi connectivity index (χ1) is 9.74. The maximum absolute atomic E-state index is 9.31. The lowest BCUT2D eigenvalue weighted by Gasteiger charge is -2.26. The van der Waals surface area contributed by atoms with Crippen LogP contribution in [0.5, 0.6) is 0 Å². The first kappa shape index (κ1) is 15.3. The first-order valence-electron chi connectivity index (χ1n) is 7.55. The largest absolute Gasteiger partial charge is 0.384 e. The van der Waals surface area contributed by atoms with Gasteiger partial charge in [0.25, 0.3) is 0 Å². The van der Waals surface area contributed by atoms with Crippen molar-refractivity contribution in [2.45, 2.75) is 43.9 Å². The molecule has 1 aliphatic carbocycles. The molecule has 1 fully saturated rings. The molecular formula is C17H24N2S. The van der Waals surface area contributed by atoms with Crippen molar-refractivity contribution in [3.63, 3.8) is 0 Å². The second kappa shape index (κ2) is 7.59. The molecule has 0 bridgehead atoms. The Morgan fingerprint density at radius 2 is 2.25 bits per heavy atom. The SMILES string of the molecule is CSc1cccc(NCCC2CCCC(C)C2)c1C#N. The van der Waals surface area contributed by atoms with E-state index in [-0.39, 0.29) is 0 Å². The fourth-order valence-electron chi connectivity index (χ4n) is 3.20. The van der Waals surface area contributed by atoms with Gasteiger partial charge in [-0.25, -0.2) is 0 Å². The van der Waals surface area contributed by atoms with Crippen molar-refractivity contribution in [2.75, 3.05) is 18.1 Å². The minimum Gasteiger partial charge on any atom is -0.384 e. The van der Waals surface area contributed by atoms with Crippen LogP contribution in [-0.2, 0) is 0 Å². The van der Waals surface area contributed by atoms with E-state index in [9.17, 15) is 5.26 Å². The topological polar surface area (TPSA) is 35.8 Å². The van der Waals surface area contributed by atoms with Gasteiger partial charge in [-0.05, 0) is 43.1 Å². The number of rotatable bonds is 5.